The van der Waals surface area contributed by atoms with Crippen LogP contribution in [0.4, 0.5) is 4.39 Å². The van der Waals surface area contributed by atoms with Gasteiger partial charge in [0.1, 0.15) is 11.6 Å². The van der Waals surface area contributed by atoms with Crippen molar-refractivity contribution in [3.63, 3.8) is 0 Å². The molecule has 1 amide bonds. The summed E-state index contributed by atoms with van der Waals surface area (Å²) in [5, 5.41) is 3.18. The second kappa shape index (κ2) is 11.1. The number of hydrogen-bond donors (Lipinski definition) is 1. The van der Waals surface area contributed by atoms with Crippen LogP contribution in [-0.4, -0.2) is 38.8 Å². The molecule has 1 atom stereocenters. The average Bonchev–Trinajstić information content (AvgIpc) is 2.80. The Kier molecular flexibility index (Phi) is 8.48. The van der Waals surface area contributed by atoms with Crippen LogP contribution >= 0.6 is 0 Å². The minimum absolute atomic E-state index is 0.0531. The second-order valence-corrected chi connectivity index (χ2v) is 11.0. The van der Waals surface area contributed by atoms with Gasteiger partial charge in [-0.2, -0.15) is 0 Å². The van der Waals surface area contributed by atoms with Crippen LogP contribution in [0, 0.1) is 17.7 Å². The zero-order valence-corrected chi connectivity index (χ0v) is 20.3. The topological polar surface area (TPSA) is 75.7 Å². The molecule has 2 aromatic carbocycles. The lowest BCUT2D eigenvalue weighted by Crippen LogP contribution is -2.44. The number of methoxy groups -OCH3 is 1. The Morgan fingerprint density at radius 2 is 1.76 bits per heavy atom. The average molecular weight is 477 g/mol. The maximum Gasteiger partial charge on any atom is 0.223 e. The van der Waals surface area contributed by atoms with Gasteiger partial charge in [0, 0.05) is 24.6 Å². The molecule has 1 N–H and O–H groups in total. The Morgan fingerprint density at radius 1 is 1.12 bits per heavy atom. The fourth-order valence-electron chi connectivity index (χ4n) is 4.17. The number of nitrogens with one attached hydrogen (secondary N) is 1. The van der Waals surface area contributed by atoms with Crippen LogP contribution in [0.25, 0.3) is 0 Å². The first-order valence-electron chi connectivity index (χ1n) is 11.3. The van der Waals surface area contributed by atoms with E-state index < -0.39 is 15.8 Å². The van der Waals surface area contributed by atoms with E-state index in [9.17, 15) is 17.6 Å². The molecule has 0 saturated carbocycles. The number of piperidine rings is 1. The fraction of sp³-hybridized carbons (Fsp3) is 0.480. The number of carbonyl (C=O) groups excluding carboxylic acids is 1. The summed E-state index contributed by atoms with van der Waals surface area (Å²) in [6.07, 6.45) is 1.69. The molecule has 180 valence electrons. The Balaban J connectivity index is 1.60. The Morgan fingerprint density at radius 3 is 2.33 bits per heavy atom. The molecule has 0 radical (unpaired) electrons. The smallest absolute Gasteiger partial charge is 0.223 e. The van der Waals surface area contributed by atoms with E-state index in [0.717, 1.165) is 17.7 Å². The highest BCUT2D eigenvalue weighted by atomic mass is 32.2. The van der Waals surface area contributed by atoms with Gasteiger partial charge in [-0.15, -0.1) is 0 Å². The summed E-state index contributed by atoms with van der Waals surface area (Å²) in [6, 6.07) is 13.5. The third-order valence-electron chi connectivity index (χ3n) is 6.06. The van der Waals surface area contributed by atoms with Crippen molar-refractivity contribution in [1.29, 1.82) is 0 Å². The maximum absolute atomic E-state index is 13.9. The molecule has 0 spiro atoms. The number of amides is 1. The molecule has 3 rings (SSSR count). The molecular weight excluding hydrogens is 443 g/mol. The standard InChI is InChI=1S/C25H33FN2O4S/c1-18(2)16-24(19-8-10-22(32-3)11-9-19)27-25(29)20-12-14-28(15-13-20)33(30,31)17-21-6-4-5-7-23(21)26/h4-11,18,20,24H,12-17H2,1-3H3,(H,27,29). The maximum atomic E-state index is 13.9. The molecule has 0 aromatic heterocycles. The number of hydrogen-bond acceptors (Lipinski definition) is 4. The van der Waals surface area contributed by atoms with Crippen LogP contribution in [0.5, 0.6) is 5.75 Å². The van der Waals surface area contributed by atoms with E-state index in [0.29, 0.717) is 18.8 Å². The van der Waals surface area contributed by atoms with Gasteiger partial charge >= 0.3 is 0 Å². The molecule has 2 aromatic rings. The lowest BCUT2D eigenvalue weighted by molar-refractivity contribution is -0.127. The van der Waals surface area contributed by atoms with Crippen molar-refractivity contribution in [1.82, 2.24) is 9.62 Å². The van der Waals surface area contributed by atoms with Crippen LogP contribution in [-0.2, 0) is 20.6 Å². The zero-order valence-electron chi connectivity index (χ0n) is 19.5. The van der Waals surface area contributed by atoms with Gasteiger partial charge in [0.25, 0.3) is 0 Å². The molecule has 6 nitrogen and oxygen atoms in total. The molecule has 0 bridgehead atoms. The predicted octanol–water partition coefficient (Wildman–Crippen LogP) is 4.28. The van der Waals surface area contributed by atoms with Crippen LogP contribution in [0.3, 0.4) is 0 Å². The van der Waals surface area contributed by atoms with E-state index >= 15 is 0 Å². The summed E-state index contributed by atoms with van der Waals surface area (Å²) in [5.74, 6) is -0.0459. The molecule has 1 fully saturated rings. The summed E-state index contributed by atoms with van der Waals surface area (Å²) < 4.78 is 46.0. The van der Waals surface area contributed by atoms with Gasteiger partial charge in [-0.25, -0.2) is 17.1 Å². The predicted molar refractivity (Wildman–Crippen MR) is 127 cm³/mol. The van der Waals surface area contributed by atoms with E-state index in [1.165, 1.54) is 22.5 Å². The molecule has 33 heavy (non-hydrogen) atoms. The monoisotopic (exact) mass is 476 g/mol. The largest absolute Gasteiger partial charge is 0.497 e. The van der Waals surface area contributed by atoms with Crippen molar-refractivity contribution in [2.45, 2.75) is 44.9 Å². The number of benzene rings is 2. The van der Waals surface area contributed by atoms with Crippen LogP contribution in [0.2, 0.25) is 0 Å². The number of nitrogens with zero attached hydrogens (tertiary/aromatic N) is 1. The van der Waals surface area contributed by atoms with Crippen molar-refractivity contribution in [3.8, 4) is 5.75 Å². The number of carbonyl (C=O) groups is 1. The molecule has 1 saturated heterocycles. The summed E-state index contributed by atoms with van der Waals surface area (Å²) in [7, 11) is -2.03. The van der Waals surface area contributed by atoms with E-state index in [2.05, 4.69) is 19.2 Å². The molecular formula is C25H33FN2O4S. The zero-order chi connectivity index (χ0) is 24.0. The first-order valence-corrected chi connectivity index (χ1v) is 13.0. The first-order chi connectivity index (χ1) is 15.7. The summed E-state index contributed by atoms with van der Waals surface area (Å²) in [6.45, 7) is 4.74. The Bertz CT molecular complexity index is 1030. The third kappa shape index (κ3) is 6.77. The minimum Gasteiger partial charge on any atom is -0.497 e. The van der Waals surface area contributed by atoms with Gasteiger partial charge in [-0.3, -0.25) is 4.79 Å². The van der Waals surface area contributed by atoms with E-state index in [1.807, 2.05) is 24.3 Å². The van der Waals surface area contributed by atoms with E-state index in [1.54, 1.807) is 13.2 Å². The van der Waals surface area contributed by atoms with E-state index in [4.69, 9.17) is 4.74 Å². The van der Waals surface area contributed by atoms with Gasteiger partial charge in [0.05, 0.1) is 18.9 Å². The Labute approximate surface area is 196 Å². The van der Waals surface area contributed by atoms with Crippen molar-refractivity contribution in [2.75, 3.05) is 20.2 Å². The van der Waals surface area contributed by atoms with Crippen molar-refractivity contribution in [3.05, 3.63) is 65.5 Å². The molecule has 1 heterocycles. The highest BCUT2D eigenvalue weighted by molar-refractivity contribution is 7.88. The quantitative estimate of drug-likeness (QED) is 0.586. The molecule has 0 aliphatic carbocycles. The second-order valence-electron chi connectivity index (χ2n) is 8.98. The van der Waals surface area contributed by atoms with Crippen LogP contribution in [0.1, 0.15) is 50.3 Å². The lowest BCUT2D eigenvalue weighted by Gasteiger charge is -2.32. The number of rotatable bonds is 9. The normalized spacial score (nSPS) is 16.5. The Hall–Kier alpha value is -2.45. The molecule has 1 aliphatic rings. The number of sulfonamides is 1. The fourth-order valence-corrected chi connectivity index (χ4v) is 5.75. The summed E-state index contributed by atoms with van der Waals surface area (Å²) in [5.41, 5.74) is 1.18. The highest BCUT2D eigenvalue weighted by Crippen LogP contribution is 2.27. The summed E-state index contributed by atoms with van der Waals surface area (Å²) in [4.78, 5) is 13.0. The van der Waals surface area contributed by atoms with Gasteiger partial charge < -0.3 is 10.1 Å². The molecule has 1 unspecified atom stereocenters. The van der Waals surface area contributed by atoms with Crippen LogP contribution < -0.4 is 10.1 Å². The van der Waals surface area contributed by atoms with Gasteiger partial charge in [0.15, 0.2) is 0 Å². The van der Waals surface area contributed by atoms with Crippen LogP contribution in [0.15, 0.2) is 48.5 Å². The van der Waals surface area contributed by atoms with Gasteiger partial charge in [-0.1, -0.05) is 44.2 Å². The van der Waals surface area contributed by atoms with Gasteiger partial charge in [0.2, 0.25) is 15.9 Å². The van der Waals surface area contributed by atoms with Crippen molar-refractivity contribution >= 4 is 15.9 Å². The summed E-state index contributed by atoms with van der Waals surface area (Å²) >= 11 is 0. The SMILES string of the molecule is COc1ccc(C(CC(C)C)NC(=O)C2CCN(S(=O)(=O)Cc3ccccc3F)CC2)cc1. The number of halogens is 1. The third-order valence-corrected chi connectivity index (χ3v) is 7.88. The highest BCUT2D eigenvalue weighted by Gasteiger charge is 2.32. The van der Waals surface area contributed by atoms with Crippen molar-refractivity contribution < 1.29 is 22.3 Å². The van der Waals surface area contributed by atoms with Gasteiger partial charge in [-0.05, 0) is 48.9 Å². The first kappa shape index (κ1) is 25.2. The minimum atomic E-state index is -3.65. The van der Waals surface area contributed by atoms with E-state index in [-0.39, 0.29) is 42.3 Å². The lowest BCUT2D eigenvalue weighted by atomic mass is 9.93. The number of ether oxygens (including phenoxy) is 1. The molecule has 1 aliphatic heterocycles. The van der Waals surface area contributed by atoms with Crippen molar-refractivity contribution in [2.24, 2.45) is 11.8 Å². The molecule has 8 heteroatoms.